The number of amides is 1. The highest BCUT2D eigenvalue weighted by atomic mass is 32.2. The van der Waals surface area contributed by atoms with Gasteiger partial charge in [-0.05, 0) is 48.4 Å². The number of carbonyl (C=O) groups is 1. The first-order valence-corrected chi connectivity index (χ1v) is 10.9. The normalized spacial score (nSPS) is 11.0. The maximum atomic E-state index is 13.0. The lowest BCUT2D eigenvalue weighted by atomic mass is 10.1. The first-order chi connectivity index (χ1) is 14.4. The van der Waals surface area contributed by atoms with Crippen molar-refractivity contribution < 1.29 is 17.9 Å². The monoisotopic (exact) mass is 424 g/mol. The molecule has 0 saturated heterocycles. The minimum atomic E-state index is -3.78. The minimum Gasteiger partial charge on any atom is -0.496 e. The van der Waals surface area contributed by atoms with Crippen LogP contribution in [0.5, 0.6) is 5.75 Å². The van der Waals surface area contributed by atoms with E-state index in [-0.39, 0.29) is 16.4 Å². The number of anilines is 1. The number of nitrogens with zero attached hydrogens (tertiary/aromatic N) is 1. The molecule has 0 heterocycles. The summed E-state index contributed by atoms with van der Waals surface area (Å²) in [7, 11) is -0.686. The molecule has 0 fully saturated rings. The third-order valence-electron chi connectivity index (χ3n) is 4.75. The van der Waals surface area contributed by atoms with Crippen LogP contribution in [0.25, 0.3) is 0 Å². The van der Waals surface area contributed by atoms with Crippen molar-refractivity contribution in [3.63, 3.8) is 0 Å². The van der Waals surface area contributed by atoms with Gasteiger partial charge in [0.1, 0.15) is 5.75 Å². The smallest absolute Gasteiger partial charge is 0.264 e. The van der Waals surface area contributed by atoms with Crippen molar-refractivity contribution in [2.75, 3.05) is 25.0 Å². The average Bonchev–Trinajstić information content (AvgIpc) is 2.79. The Morgan fingerprint density at radius 2 is 1.67 bits per heavy atom. The summed E-state index contributed by atoms with van der Waals surface area (Å²) in [5.41, 5.74) is 1.82. The van der Waals surface area contributed by atoms with Gasteiger partial charge in [-0.25, -0.2) is 8.42 Å². The van der Waals surface area contributed by atoms with Crippen LogP contribution in [0.1, 0.15) is 15.9 Å². The molecule has 0 saturated carbocycles. The topological polar surface area (TPSA) is 75.7 Å². The van der Waals surface area contributed by atoms with E-state index in [2.05, 4.69) is 5.32 Å². The van der Waals surface area contributed by atoms with Gasteiger partial charge in [-0.2, -0.15) is 0 Å². The molecule has 0 spiro atoms. The number of hydrogen-bond acceptors (Lipinski definition) is 4. The lowest BCUT2D eigenvalue weighted by Gasteiger charge is -2.19. The fourth-order valence-corrected chi connectivity index (χ4v) is 4.30. The van der Waals surface area contributed by atoms with Crippen LogP contribution in [0.4, 0.5) is 5.69 Å². The van der Waals surface area contributed by atoms with Crippen LogP contribution in [0.2, 0.25) is 0 Å². The summed E-state index contributed by atoms with van der Waals surface area (Å²) in [4.78, 5) is 12.6. The van der Waals surface area contributed by atoms with Crippen LogP contribution in [0, 0.1) is 0 Å². The summed E-state index contributed by atoms with van der Waals surface area (Å²) in [6, 6.07) is 22.5. The molecule has 3 aromatic carbocycles. The zero-order valence-corrected chi connectivity index (χ0v) is 17.7. The summed E-state index contributed by atoms with van der Waals surface area (Å²) in [6.45, 7) is 0.403. The molecule has 0 aromatic heterocycles. The van der Waals surface area contributed by atoms with E-state index in [1.165, 1.54) is 23.5 Å². The summed E-state index contributed by atoms with van der Waals surface area (Å²) in [6.07, 6.45) is 0.602. The van der Waals surface area contributed by atoms with Crippen LogP contribution >= 0.6 is 0 Å². The molecule has 0 aliphatic heterocycles. The Morgan fingerprint density at radius 1 is 0.967 bits per heavy atom. The maximum Gasteiger partial charge on any atom is 0.264 e. The maximum absolute atomic E-state index is 13.0. The molecule has 3 aromatic rings. The van der Waals surface area contributed by atoms with Crippen LogP contribution < -0.4 is 14.4 Å². The predicted molar refractivity (Wildman–Crippen MR) is 118 cm³/mol. The Morgan fingerprint density at radius 3 is 2.40 bits per heavy atom. The quantitative estimate of drug-likeness (QED) is 0.601. The van der Waals surface area contributed by atoms with Crippen molar-refractivity contribution in [3.05, 3.63) is 90.0 Å². The standard InChI is InChI=1S/C23H24N2O4S/c1-25(20-11-4-3-5-12-20)30(27,28)21-13-8-10-19(17-21)23(26)24-16-15-18-9-6-7-14-22(18)29-2/h3-14,17H,15-16H2,1-2H3,(H,24,26). The fourth-order valence-electron chi connectivity index (χ4n) is 3.05. The summed E-state index contributed by atoms with van der Waals surface area (Å²) >= 11 is 0. The van der Waals surface area contributed by atoms with Gasteiger partial charge in [0, 0.05) is 19.2 Å². The number of hydrogen-bond donors (Lipinski definition) is 1. The number of nitrogens with one attached hydrogen (secondary N) is 1. The number of methoxy groups -OCH3 is 1. The number of benzene rings is 3. The van der Waals surface area contributed by atoms with E-state index in [4.69, 9.17) is 4.74 Å². The van der Waals surface area contributed by atoms with Crippen LogP contribution in [0.3, 0.4) is 0 Å². The number of rotatable bonds is 8. The van der Waals surface area contributed by atoms with Gasteiger partial charge < -0.3 is 10.1 Å². The summed E-state index contributed by atoms with van der Waals surface area (Å²) in [5, 5.41) is 2.84. The Labute approximate surface area is 177 Å². The van der Waals surface area contributed by atoms with Crippen molar-refractivity contribution in [3.8, 4) is 5.75 Å². The first-order valence-electron chi connectivity index (χ1n) is 9.47. The van der Waals surface area contributed by atoms with Crippen molar-refractivity contribution >= 4 is 21.6 Å². The van der Waals surface area contributed by atoms with E-state index in [0.29, 0.717) is 18.7 Å². The largest absolute Gasteiger partial charge is 0.496 e. The van der Waals surface area contributed by atoms with Crippen LogP contribution in [-0.4, -0.2) is 35.0 Å². The molecule has 1 N–H and O–H groups in total. The number of para-hydroxylation sites is 2. The van der Waals surface area contributed by atoms with E-state index in [0.717, 1.165) is 11.3 Å². The molecule has 0 unspecified atom stereocenters. The first kappa shape index (κ1) is 21.4. The second-order valence-corrected chi connectivity index (χ2v) is 8.62. The zero-order chi connectivity index (χ0) is 21.6. The van der Waals surface area contributed by atoms with Gasteiger partial charge in [0.15, 0.2) is 0 Å². The summed E-state index contributed by atoms with van der Waals surface area (Å²) in [5.74, 6) is 0.438. The Bertz CT molecular complexity index is 1110. The van der Waals surface area contributed by atoms with Crippen molar-refractivity contribution in [1.82, 2.24) is 5.32 Å². The Balaban J connectivity index is 1.70. The molecule has 0 atom stereocenters. The van der Waals surface area contributed by atoms with Crippen molar-refractivity contribution in [1.29, 1.82) is 0 Å². The molecule has 156 valence electrons. The van der Waals surface area contributed by atoms with Gasteiger partial charge >= 0.3 is 0 Å². The molecule has 7 heteroatoms. The third-order valence-corrected chi connectivity index (χ3v) is 6.53. The molecule has 1 amide bonds. The highest BCUT2D eigenvalue weighted by molar-refractivity contribution is 7.92. The molecule has 0 bridgehead atoms. The number of ether oxygens (including phenoxy) is 1. The van der Waals surface area contributed by atoms with Crippen molar-refractivity contribution in [2.45, 2.75) is 11.3 Å². The number of sulfonamides is 1. The molecule has 0 radical (unpaired) electrons. The second kappa shape index (κ2) is 9.45. The molecule has 0 aliphatic carbocycles. The second-order valence-electron chi connectivity index (χ2n) is 6.65. The molecule has 6 nitrogen and oxygen atoms in total. The minimum absolute atomic E-state index is 0.0613. The van der Waals surface area contributed by atoms with Gasteiger partial charge in [-0.1, -0.05) is 42.5 Å². The molecule has 30 heavy (non-hydrogen) atoms. The zero-order valence-electron chi connectivity index (χ0n) is 16.9. The molecular formula is C23H24N2O4S. The van der Waals surface area contributed by atoms with E-state index < -0.39 is 10.0 Å². The third kappa shape index (κ3) is 4.80. The highest BCUT2D eigenvalue weighted by Gasteiger charge is 2.22. The van der Waals surface area contributed by atoms with E-state index in [1.54, 1.807) is 43.5 Å². The molecule has 3 rings (SSSR count). The van der Waals surface area contributed by atoms with E-state index in [9.17, 15) is 13.2 Å². The lowest BCUT2D eigenvalue weighted by Crippen LogP contribution is -2.28. The van der Waals surface area contributed by atoms with Gasteiger partial charge in [0.25, 0.3) is 15.9 Å². The van der Waals surface area contributed by atoms with Gasteiger partial charge in [-0.15, -0.1) is 0 Å². The van der Waals surface area contributed by atoms with E-state index >= 15 is 0 Å². The van der Waals surface area contributed by atoms with Gasteiger partial charge in [0.2, 0.25) is 0 Å². The van der Waals surface area contributed by atoms with Crippen LogP contribution in [-0.2, 0) is 16.4 Å². The van der Waals surface area contributed by atoms with E-state index in [1.807, 2.05) is 30.3 Å². The van der Waals surface area contributed by atoms with Gasteiger partial charge in [0.05, 0.1) is 17.7 Å². The highest BCUT2D eigenvalue weighted by Crippen LogP contribution is 2.22. The lowest BCUT2D eigenvalue weighted by molar-refractivity contribution is 0.0954. The van der Waals surface area contributed by atoms with Gasteiger partial charge in [-0.3, -0.25) is 9.10 Å². The predicted octanol–water partition coefficient (Wildman–Crippen LogP) is 3.49. The summed E-state index contributed by atoms with van der Waals surface area (Å²) < 4.78 is 32.4. The Kier molecular flexibility index (Phi) is 6.74. The fraction of sp³-hybridized carbons (Fsp3) is 0.174. The molecular weight excluding hydrogens is 400 g/mol. The van der Waals surface area contributed by atoms with Crippen LogP contribution in [0.15, 0.2) is 83.8 Å². The SMILES string of the molecule is COc1ccccc1CCNC(=O)c1cccc(S(=O)(=O)N(C)c2ccccc2)c1. The van der Waals surface area contributed by atoms with Crippen molar-refractivity contribution in [2.24, 2.45) is 0 Å². The Hall–Kier alpha value is -3.32. The average molecular weight is 425 g/mol. The number of carbonyl (C=O) groups excluding carboxylic acids is 1. The molecule has 0 aliphatic rings.